The predicted molar refractivity (Wildman–Crippen MR) is 73.6 cm³/mol. The van der Waals surface area contributed by atoms with E-state index in [0.717, 1.165) is 29.4 Å². The molecule has 0 aliphatic heterocycles. The van der Waals surface area contributed by atoms with Crippen LogP contribution in [0.2, 0.25) is 0 Å². The molecule has 0 saturated carbocycles. The lowest BCUT2D eigenvalue weighted by Crippen LogP contribution is -2.26. The van der Waals surface area contributed by atoms with Gasteiger partial charge in [0, 0.05) is 31.1 Å². The third-order valence-corrected chi connectivity index (χ3v) is 3.34. The first-order valence-corrected chi connectivity index (χ1v) is 6.88. The minimum atomic E-state index is -0.301. The fourth-order valence-corrected chi connectivity index (χ4v) is 2.36. The van der Waals surface area contributed by atoms with Gasteiger partial charge in [-0.25, -0.2) is 4.98 Å². The fraction of sp³-hybridized carbons (Fsp3) is 0.385. The first-order chi connectivity index (χ1) is 8.75. The minimum absolute atomic E-state index is 0.301. The van der Waals surface area contributed by atoms with Crippen molar-refractivity contribution in [2.24, 2.45) is 0 Å². The highest BCUT2D eigenvalue weighted by atomic mass is 32.1. The van der Waals surface area contributed by atoms with Crippen molar-refractivity contribution in [3.8, 4) is 11.4 Å². The highest BCUT2D eigenvalue weighted by molar-refractivity contribution is 7.09. The lowest BCUT2D eigenvalue weighted by molar-refractivity contribution is 0.191. The van der Waals surface area contributed by atoms with E-state index in [0.29, 0.717) is 6.54 Å². The predicted octanol–water partition coefficient (Wildman–Crippen LogP) is 1.72. The van der Waals surface area contributed by atoms with Gasteiger partial charge in [-0.2, -0.15) is 0 Å². The number of nitrogens with zero attached hydrogens (tertiary/aromatic N) is 2. The lowest BCUT2D eigenvalue weighted by Gasteiger charge is -2.04. The normalized spacial score (nSPS) is 12.6. The molecule has 4 nitrogen and oxygen atoms in total. The highest BCUT2D eigenvalue weighted by Crippen LogP contribution is 2.19. The number of hydrogen-bond donors (Lipinski definition) is 2. The zero-order valence-electron chi connectivity index (χ0n) is 10.3. The van der Waals surface area contributed by atoms with Crippen molar-refractivity contribution >= 4 is 11.3 Å². The Labute approximate surface area is 111 Å². The van der Waals surface area contributed by atoms with Crippen molar-refractivity contribution in [3.63, 3.8) is 0 Å². The molecule has 0 aromatic carbocycles. The van der Waals surface area contributed by atoms with Crippen LogP contribution in [0.3, 0.4) is 0 Å². The zero-order valence-corrected chi connectivity index (χ0v) is 11.2. The Hall–Kier alpha value is -1.30. The van der Waals surface area contributed by atoms with Gasteiger partial charge in [-0.3, -0.25) is 4.98 Å². The number of rotatable bonds is 6. The standard InChI is InChI=1S/C13H17N3OS/c1-10(17)8-14-7-5-13-16-12(9-18-13)11-4-2-3-6-15-11/h2-4,6,9-10,14,17H,5,7-8H2,1H3. The molecule has 0 saturated heterocycles. The van der Waals surface area contributed by atoms with Crippen LogP contribution in [0.4, 0.5) is 0 Å². The molecule has 0 aliphatic carbocycles. The summed E-state index contributed by atoms with van der Waals surface area (Å²) in [4.78, 5) is 8.83. The summed E-state index contributed by atoms with van der Waals surface area (Å²) in [5.74, 6) is 0. The van der Waals surface area contributed by atoms with Crippen LogP contribution in [0.25, 0.3) is 11.4 Å². The van der Waals surface area contributed by atoms with Crippen molar-refractivity contribution in [2.75, 3.05) is 13.1 Å². The van der Waals surface area contributed by atoms with Crippen molar-refractivity contribution in [1.82, 2.24) is 15.3 Å². The SMILES string of the molecule is CC(O)CNCCc1nc(-c2ccccn2)cs1. The molecule has 0 spiro atoms. The van der Waals surface area contributed by atoms with Crippen LogP contribution in [0, 0.1) is 0 Å². The van der Waals surface area contributed by atoms with Gasteiger partial charge in [0.05, 0.1) is 22.5 Å². The summed E-state index contributed by atoms with van der Waals surface area (Å²) in [6, 6.07) is 5.83. The Morgan fingerprint density at radius 1 is 1.39 bits per heavy atom. The zero-order chi connectivity index (χ0) is 12.8. The summed E-state index contributed by atoms with van der Waals surface area (Å²) in [5, 5.41) is 15.4. The third-order valence-electron chi connectivity index (χ3n) is 2.43. The second-order valence-electron chi connectivity index (χ2n) is 4.14. The van der Waals surface area contributed by atoms with Crippen molar-refractivity contribution in [2.45, 2.75) is 19.4 Å². The molecule has 18 heavy (non-hydrogen) atoms. The van der Waals surface area contributed by atoms with Crippen LogP contribution in [0.15, 0.2) is 29.8 Å². The van der Waals surface area contributed by atoms with E-state index in [-0.39, 0.29) is 6.10 Å². The molecule has 1 atom stereocenters. The Morgan fingerprint density at radius 2 is 2.28 bits per heavy atom. The molecule has 2 heterocycles. The van der Waals surface area contributed by atoms with Crippen LogP contribution >= 0.6 is 11.3 Å². The first-order valence-electron chi connectivity index (χ1n) is 6.00. The molecule has 2 aromatic heterocycles. The average Bonchev–Trinajstić information content (AvgIpc) is 2.84. The molecule has 2 rings (SSSR count). The van der Waals surface area contributed by atoms with E-state index in [1.54, 1.807) is 24.5 Å². The highest BCUT2D eigenvalue weighted by Gasteiger charge is 2.05. The Balaban J connectivity index is 1.87. The van der Waals surface area contributed by atoms with Crippen LogP contribution in [-0.4, -0.2) is 34.3 Å². The molecule has 0 fully saturated rings. The van der Waals surface area contributed by atoms with Gasteiger partial charge in [-0.1, -0.05) is 6.07 Å². The van der Waals surface area contributed by atoms with Gasteiger partial charge in [0.25, 0.3) is 0 Å². The summed E-state index contributed by atoms with van der Waals surface area (Å²) in [6.45, 7) is 3.23. The van der Waals surface area contributed by atoms with Gasteiger partial charge in [0.1, 0.15) is 0 Å². The maximum atomic E-state index is 9.12. The van der Waals surface area contributed by atoms with Gasteiger partial charge in [-0.05, 0) is 19.1 Å². The first kappa shape index (κ1) is 13.1. The molecule has 5 heteroatoms. The van der Waals surface area contributed by atoms with E-state index in [1.807, 2.05) is 23.6 Å². The number of nitrogens with one attached hydrogen (secondary N) is 1. The lowest BCUT2D eigenvalue weighted by atomic mass is 10.3. The number of thiazole rings is 1. The second-order valence-corrected chi connectivity index (χ2v) is 5.09. The maximum Gasteiger partial charge on any atom is 0.0998 e. The monoisotopic (exact) mass is 263 g/mol. The van der Waals surface area contributed by atoms with Crippen molar-refractivity contribution < 1.29 is 5.11 Å². The van der Waals surface area contributed by atoms with Crippen LogP contribution < -0.4 is 5.32 Å². The number of aromatic nitrogens is 2. The van der Waals surface area contributed by atoms with E-state index >= 15 is 0 Å². The summed E-state index contributed by atoms with van der Waals surface area (Å²) < 4.78 is 0. The number of aliphatic hydroxyl groups excluding tert-OH is 1. The fourth-order valence-electron chi connectivity index (χ4n) is 1.56. The smallest absolute Gasteiger partial charge is 0.0998 e. The number of aliphatic hydroxyl groups is 1. The van der Waals surface area contributed by atoms with Crippen LogP contribution in [0.5, 0.6) is 0 Å². The number of hydrogen-bond acceptors (Lipinski definition) is 5. The van der Waals surface area contributed by atoms with E-state index in [4.69, 9.17) is 5.11 Å². The average molecular weight is 263 g/mol. The summed E-state index contributed by atoms with van der Waals surface area (Å²) in [5.41, 5.74) is 1.85. The molecule has 0 bridgehead atoms. The van der Waals surface area contributed by atoms with Crippen LogP contribution in [0.1, 0.15) is 11.9 Å². The Bertz CT molecular complexity index is 470. The van der Waals surface area contributed by atoms with Gasteiger partial charge in [0.2, 0.25) is 0 Å². The van der Waals surface area contributed by atoms with Gasteiger partial charge < -0.3 is 10.4 Å². The Morgan fingerprint density at radius 3 is 3.00 bits per heavy atom. The molecule has 0 radical (unpaired) electrons. The van der Waals surface area contributed by atoms with Crippen molar-refractivity contribution in [1.29, 1.82) is 0 Å². The molecule has 2 N–H and O–H groups in total. The van der Waals surface area contributed by atoms with Gasteiger partial charge >= 0.3 is 0 Å². The molecule has 2 aromatic rings. The van der Waals surface area contributed by atoms with Gasteiger partial charge in [0.15, 0.2) is 0 Å². The quantitative estimate of drug-likeness (QED) is 0.779. The molecule has 96 valence electrons. The summed E-state index contributed by atoms with van der Waals surface area (Å²) >= 11 is 1.65. The molecular weight excluding hydrogens is 246 g/mol. The summed E-state index contributed by atoms with van der Waals surface area (Å²) in [6.07, 6.45) is 2.35. The van der Waals surface area contributed by atoms with Crippen LogP contribution in [-0.2, 0) is 6.42 Å². The third kappa shape index (κ3) is 3.87. The largest absolute Gasteiger partial charge is 0.392 e. The van der Waals surface area contributed by atoms with Crippen molar-refractivity contribution in [3.05, 3.63) is 34.8 Å². The number of pyridine rings is 1. The molecule has 0 aliphatic rings. The van der Waals surface area contributed by atoms with E-state index < -0.39 is 0 Å². The van der Waals surface area contributed by atoms with E-state index in [2.05, 4.69) is 15.3 Å². The Kier molecular flexibility index (Phi) is 4.81. The second kappa shape index (κ2) is 6.58. The topological polar surface area (TPSA) is 58.0 Å². The molecular formula is C13H17N3OS. The van der Waals surface area contributed by atoms with E-state index in [9.17, 15) is 0 Å². The maximum absolute atomic E-state index is 9.12. The minimum Gasteiger partial charge on any atom is -0.392 e. The molecule has 1 unspecified atom stereocenters. The summed E-state index contributed by atoms with van der Waals surface area (Å²) in [7, 11) is 0. The molecule has 0 amide bonds. The van der Waals surface area contributed by atoms with Gasteiger partial charge in [-0.15, -0.1) is 11.3 Å². The van der Waals surface area contributed by atoms with E-state index in [1.165, 1.54) is 0 Å².